The molecule has 0 spiro atoms. The molecule has 0 radical (unpaired) electrons. The number of rotatable bonds is 9. The normalized spacial score (nSPS) is 15.5. The first kappa shape index (κ1) is 22.2. The predicted octanol–water partition coefficient (Wildman–Crippen LogP) is 1.92. The van der Waals surface area contributed by atoms with Gasteiger partial charge in [0.2, 0.25) is 0 Å². The summed E-state index contributed by atoms with van der Waals surface area (Å²) >= 11 is 0. The Morgan fingerprint density at radius 3 is 2.61 bits per heavy atom. The first-order valence-electron chi connectivity index (χ1n) is 10.2. The van der Waals surface area contributed by atoms with Crippen molar-refractivity contribution < 1.29 is 14.3 Å². The molecule has 28 heavy (non-hydrogen) atoms. The molecule has 0 bridgehead atoms. The number of benzene rings is 1. The zero-order valence-corrected chi connectivity index (χ0v) is 17.4. The van der Waals surface area contributed by atoms with Gasteiger partial charge in [-0.1, -0.05) is 24.3 Å². The quantitative estimate of drug-likeness (QED) is 0.381. The van der Waals surface area contributed by atoms with E-state index >= 15 is 0 Å². The van der Waals surface area contributed by atoms with Crippen LogP contribution in [0.4, 0.5) is 0 Å². The third kappa shape index (κ3) is 8.27. The van der Waals surface area contributed by atoms with E-state index < -0.39 is 0 Å². The van der Waals surface area contributed by atoms with E-state index in [0.29, 0.717) is 25.5 Å². The SMILES string of the molecule is CCNC(=NCc1ccccc1CN1CCOCC1)NCCC(=O)OC(C)C. The van der Waals surface area contributed by atoms with E-state index in [1.165, 1.54) is 11.1 Å². The molecule has 0 saturated carbocycles. The third-order valence-electron chi connectivity index (χ3n) is 4.36. The molecule has 2 N–H and O–H groups in total. The van der Waals surface area contributed by atoms with E-state index in [1.807, 2.05) is 20.8 Å². The molecule has 1 aromatic carbocycles. The van der Waals surface area contributed by atoms with E-state index in [-0.39, 0.29) is 12.1 Å². The number of nitrogens with zero attached hydrogens (tertiary/aromatic N) is 2. The number of nitrogens with one attached hydrogen (secondary N) is 2. The molecule has 0 aliphatic carbocycles. The van der Waals surface area contributed by atoms with Crippen LogP contribution in [0.2, 0.25) is 0 Å². The van der Waals surface area contributed by atoms with Gasteiger partial charge in [-0.15, -0.1) is 0 Å². The van der Waals surface area contributed by atoms with Crippen LogP contribution in [0, 0.1) is 0 Å². The van der Waals surface area contributed by atoms with Crippen LogP contribution in [0.15, 0.2) is 29.3 Å². The van der Waals surface area contributed by atoms with E-state index in [1.54, 1.807) is 0 Å². The van der Waals surface area contributed by atoms with Gasteiger partial charge in [-0.05, 0) is 31.9 Å². The van der Waals surface area contributed by atoms with Crippen LogP contribution < -0.4 is 10.6 Å². The predicted molar refractivity (Wildman–Crippen MR) is 111 cm³/mol. The largest absolute Gasteiger partial charge is 0.463 e. The van der Waals surface area contributed by atoms with Crippen LogP contribution in [0.25, 0.3) is 0 Å². The Balaban J connectivity index is 1.91. The van der Waals surface area contributed by atoms with Crippen molar-refractivity contribution in [1.29, 1.82) is 0 Å². The van der Waals surface area contributed by atoms with E-state index in [9.17, 15) is 4.79 Å². The number of esters is 1. The van der Waals surface area contributed by atoms with Gasteiger partial charge in [0.05, 0.1) is 32.3 Å². The molecule has 1 fully saturated rings. The van der Waals surface area contributed by atoms with Crippen molar-refractivity contribution in [2.45, 2.75) is 46.4 Å². The van der Waals surface area contributed by atoms with Crippen molar-refractivity contribution in [3.63, 3.8) is 0 Å². The fourth-order valence-electron chi connectivity index (χ4n) is 2.98. The summed E-state index contributed by atoms with van der Waals surface area (Å²) in [6, 6.07) is 8.42. The van der Waals surface area contributed by atoms with E-state index in [0.717, 1.165) is 39.4 Å². The van der Waals surface area contributed by atoms with Crippen LogP contribution in [-0.2, 0) is 27.4 Å². The van der Waals surface area contributed by atoms with Crippen LogP contribution in [0.1, 0.15) is 38.3 Å². The van der Waals surface area contributed by atoms with Crippen LogP contribution in [0.3, 0.4) is 0 Å². The molecule has 0 aromatic heterocycles. The molecule has 7 nitrogen and oxygen atoms in total. The van der Waals surface area contributed by atoms with Crippen molar-refractivity contribution in [2.75, 3.05) is 39.4 Å². The lowest BCUT2D eigenvalue weighted by Gasteiger charge is -2.27. The summed E-state index contributed by atoms with van der Waals surface area (Å²) in [6.07, 6.45) is 0.230. The monoisotopic (exact) mass is 390 g/mol. The molecule has 7 heteroatoms. The summed E-state index contributed by atoms with van der Waals surface area (Å²) in [5.41, 5.74) is 2.51. The maximum Gasteiger partial charge on any atom is 0.307 e. The standard InChI is InChI=1S/C21H34N4O3/c1-4-22-21(23-10-9-20(26)28-17(2)3)24-15-18-7-5-6-8-19(18)16-25-11-13-27-14-12-25/h5-8,17H,4,9-16H2,1-3H3,(H2,22,23,24). The molecular weight excluding hydrogens is 356 g/mol. The Morgan fingerprint density at radius 2 is 1.93 bits per heavy atom. The van der Waals surface area contributed by atoms with Gasteiger partial charge in [0.15, 0.2) is 5.96 Å². The Labute approximate surface area is 168 Å². The van der Waals surface area contributed by atoms with Gasteiger partial charge in [-0.2, -0.15) is 0 Å². The number of hydrogen-bond donors (Lipinski definition) is 2. The van der Waals surface area contributed by atoms with E-state index in [2.05, 4.69) is 39.8 Å². The first-order chi connectivity index (χ1) is 13.6. The van der Waals surface area contributed by atoms with Gasteiger partial charge in [0.25, 0.3) is 0 Å². The fraction of sp³-hybridized carbons (Fsp3) is 0.619. The van der Waals surface area contributed by atoms with Gasteiger partial charge in [0, 0.05) is 32.7 Å². The fourth-order valence-corrected chi connectivity index (χ4v) is 2.98. The zero-order chi connectivity index (χ0) is 20.2. The van der Waals surface area contributed by atoms with Crippen molar-refractivity contribution in [2.24, 2.45) is 4.99 Å². The highest BCUT2D eigenvalue weighted by atomic mass is 16.5. The summed E-state index contributed by atoms with van der Waals surface area (Å²) in [5, 5.41) is 6.44. The first-order valence-corrected chi connectivity index (χ1v) is 10.2. The number of carbonyl (C=O) groups excluding carboxylic acids is 1. The lowest BCUT2D eigenvalue weighted by Crippen LogP contribution is -2.38. The smallest absolute Gasteiger partial charge is 0.307 e. The van der Waals surface area contributed by atoms with Crippen molar-refractivity contribution in [3.05, 3.63) is 35.4 Å². The Bertz CT molecular complexity index is 628. The number of carbonyl (C=O) groups is 1. The molecule has 1 heterocycles. The van der Waals surface area contributed by atoms with Gasteiger partial charge in [-0.25, -0.2) is 4.99 Å². The molecule has 156 valence electrons. The number of aliphatic imine (C=N–C) groups is 1. The van der Waals surface area contributed by atoms with Gasteiger partial charge in [0.1, 0.15) is 0 Å². The highest BCUT2D eigenvalue weighted by Gasteiger charge is 2.12. The molecule has 1 aromatic rings. The number of guanidine groups is 1. The summed E-state index contributed by atoms with van der Waals surface area (Å²) in [6.45, 7) is 12.0. The lowest BCUT2D eigenvalue weighted by atomic mass is 10.1. The minimum atomic E-state index is -0.200. The van der Waals surface area contributed by atoms with Gasteiger partial charge >= 0.3 is 5.97 Å². The van der Waals surface area contributed by atoms with E-state index in [4.69, 9.17) is 14.5 Å². The average Bonchev–Trinajstić information content (AvgIpc) is 2.67. The Hall–Kier alpha value is -2.12. The number of hydrogen-bond acceptors (Lipinski definition) is 5. The third-order valence-corrected chi connectivity index (χ3v) is 4.36. The highest BCUT2D eigenvalue weighted by Crippen LogP contribution is 2.14. The summed E-state index contributed by atoms with van der Waals surface area (Å²) in [5.74, 6) is 0.509. The van der Waals surface area contributed by atoms with Gasteiger partial charge in [-0.3, -0.25) is 9.69 Å². The zero-order valence-electron chi connectivity index (χ0n) is 17.4. The topological polar surface area (TPSA) is 75.2 Å². The molecule has 2 rings (SSSR count). The maximum absolute atomic E-state index is 11.7. The summed E-state index contributed by atoms with van der Waals surface area (Å²) in [4.78, 5) is 18.8. The van der Waals surface area contributed by atoms with Crippen LogP contribution in [-0.4, -0.2) is 62.3 Å². The minimum Gasteiger partial charge on any atom is -0.463 e. The van der Waals surface area contributed by atoms with Crippen molar-refractivity contribution >= 4 is 11.9 Å². The number of ether oxygens (including phenoxy) is 2. The second-order valence-corrected chi connectivity index (χ2v) is 7.07. The molecule has 1 saturated heterocycles. The molecule has 0 amide bonds. The molecule has 1 aliphatic rings. The summed E-state index contributed by atoms with van der Waals surface area (Å²) in [7, 11) is 0. The second kappa shape index (κ2) is 12.4. The Morgan fingerprint density at radius 1 is 1.21 bits per heavy atom. The molecular formula is C21H34N4O3. The van der Waals surface area contributed by atoms with Crippen LogP contribution in [0.5, 0.6) is 0 Å². The maximum atomic E-state index is 11.7. The average molecular weight is 391 g/mol. The van der Waals surface area contributed by atoms with Gasteiger partial charge < -0.3 is 20.1 Å². The van der Waals surface area contributed by atoms with Crippen molar-refractivity contribution in [3.8, 4) is 0 Å². The van der Waals surface area contributed by atoms with Crippen molar-refractivity contribution in [1.82, 2.24) is 15.5 Å². The number of morpholine rings is 1. The Kier molecular flexibility index (Phi) is 9.79. The summed E-state index contributed by atoms with van der Waals surface area (Å²) < 4.78 is 10.6. The molecule has 0 atom stereocenters. The lowest BCUT2D eigenvalue weighted by molar-refractivity contribution is -0.147. The molecule has 1 aliphatic heterocycles. The highest BCUT2D eigenvalue weighted by molar-refractivity contribution is 5.80. The minimum absolute atomic E-state index is 0.0858. The molecule has 0 unspecified atom stereocenters. The second-order valence-electron chi connectivity index (χ2n) is 7.07. The van der Waals surface area contributed by atoms with Crippen LogP contribution >= 0.6 is 0 Å².